The van der Waals surface area contributed by atoms with Crippen LogP contribution in [0, 0.1) is 74.1 Å². The Balaban J connectivity index is 0.00000220. The first-order chi connectivity index (χ1) is 65.9. The molecule has 0 aromatic heterocycles. The number of hydrogen-bond acceptors (Lipinski definition) is 28. The summed E-state index contributed by atoms with van der Waals surface area (Å²) >= 11 is 0. The number of rotatable bonds is 80. The van der Waals surface area contributed by atoms with E-state index in [-0.39, 0.29) is 78.2 Å². The number of likely N-dealkylation sites (N-methyl/N-ethyl adjacent to an activating group) is 2. The molecule has 16 N–H and O–H groups in total. The number of carbonyl (C=O) groups is 7. The number of carboxylic acid groups (broad SMARTS) is 1. The summed E-state index contributed by atoms with van der Waals surface area (Å²) in [6.45, 7) is 9.53. The van der Waals surface area contributed by atoms with Crippen LogP contribution in [0.5, 0.6) is 69.0 Å². The van der Waals surface area contributed by atoms with Gasteiger partial charge in [-0.3, -0.25) is 33.6 Å². The second-order valence-electron chi connectivity index (χ2n) is 30.9. The molecule has 2 atom stereocenters. The Bertz CT molecular complexity index is 3970. The van der Waals surface area contributed by atoms with Crippen molar-refractivity contribution in [3.05, 3.63) is 71.8 Å². The van der Waals surface area contributed by atoms with Crippen LogP contribution in [-0.2, 0) is 28.9 Å². The number of hydrogen-bond donors (Lipinski definition) is 11. The number of amides is 3. The predicted octanol–water partition coefficient (Wildman–Crippen LogP) is 8.36. The van der Waals surface area contributed by atoms with Crippen molar-refractivity contribution in [3.8, 4) is 143 Å². The van der Waals surface area contributed by atoms with E-state index in [2.05, 4.69) is 67.0 Å². The molecule has 32 nitrogen and oxygen atoms in total. The molecule has 0 saturated heterocycles. The van der Waals surface area contributed by atoms with E-state index in [0.717, 1.165) is 165 Å². The fraction of sp³-hybridized carbons (Fsp3) is 0.583. The Hall–Kier alpha value is -10.8. The second-order valence-corrected chi connectivity index (χ2v) is 30.9. The van der Waals surface area contributed by atoms with Crippen molar-refractivity contribution in [3.63, 3.8) is 0 Å². The molecule has 0 aliphatic heterocycles. The minimum absolute atomic E-state index is 0. The van der Waals surface area contributed by atoms with Gasteiger partial charge >= 0.3 is 35.5 Å². The second kappa shape index (κ2) is 88.2. The minimum atomic E-state index is -1.01. The van der Waals surface area contributed by atoms with Crippen molar-refractivity contribution in [2.75, 3.05) is 146 Å². The van der Waals surface area contributed by atoms with E-state index in [1.165, 1.54) is 0 Å². The molecular weight excluding hydrogens is 1750 g/mol. The van der Waals surface area contributed by atoms with Gasteiger partial charge in [-0.1, -0.05) is 25.7 Å². The molecule has 0 heterocycles. The van der Waals surface area contributed by atoms with Crippen LogP contribution in [0.15, 0.2) is 60.7 Å². The average molecular weight is 1910 g/mol. The van der Waals surface area contributed by atoms with Gasteiger partial charge in [0.15, 0.2) is 23.0 Å². The van der Waals surface area contributed by atoms with Crippen LogP contribution in [0.1, 0.15) is 252 Å². The molecule has 136 heavy (non-hydrogen) atoms. The number of unbranched alkanes of at least 4 members (excludes halogenated alkanes) is 18. The maximum absolute atomic E-state index is 13.4. The van der Waals surface area contributed by atoms with Crippen molar-refractivity contribution in [1.82, 2.24) is 26.6 Å². The molecule has 0 spiro atoms. The fourth-order valence-electron chi connectivity index (χ4n) is 12.3. The van der Waals surface area contributed by atoms with Crippen molar-refractivity contribution >= 4 is 41.7 Å². The third kappa shape index (κ3) is 64.3. The zero-order valence-corrected chi connectivity index (χ0v) is 83.0. The van der Waals surface area contributed by atoms with Crippen LogP contribution in [0.2, 0.25) is 0 Å². The van der Waals surface area contributed by atoms with Crippen LogP contribution in [0.3, 0.4) is 0 Å². The summed E-state index contributed by atoms with van der Waals surface area (Å²) in [5.74, 6) is 20.6. The summed E-state index contributed by atoms with van der Waals surface area (Å²) in [5, 5.41) is 32.0. The molecular formula is C103H153N10NaO22. The van der Waals surface area contributed by atoms with Crippen LogP contribution in [-0.4, -0.2) is 205 Å². The van der Waals surface area contributed by atoms with Gasteiger partial charge in [-0.2, -0.15) is 0 Å². The topological polar surface area (TPSA) is 473 Å². The van der Waals surface area contributed by atoms with Gasteiger partial charge in [-0.25, -0.2) is 0 Å². The van der Waals surface area contributed by atoms with Gasteiger partial charge in [-0.15, -0.1) is 74.1 Å². The molecule has 0 radical (unpaired) electrons. The van der Waals surface area contributed by atoms with Gasteiger partial charge in [-0.05, 0) is 212 Å². The molecule has 33 heteroatoms. The minimum Gasteiger partial charge on any atom is -0.662 e. The first-order valence-electron chi connectivity index (χ1n) is 47.4. The SMILES string of the molecule is C#CCCCCOc1cc(C(=O)NCCCCCCC(=O)[C@H](CC(=O)NCCCOc2cc(OCCCN)cc(OCCCN)c2)NC)cc(OCCCCC#C)c1OCCCCC#C.C#CCCCCOc1cc(C(=O)NCCCCCCC(=O)[C@H](CC(=O)O)NC)cc(OCCCCC#C)c1OCCCCC#C.NCCCOc1cc(OCCCN)cc(OCCCN)c1.O=CO[O-].[Na+]. The Labute approximate surface area is 830 Å². The summed E-state index contributed by atoms with van der Waals surface area (Å²) in [6, 6.07) is 16.5. The largest absolute Gasteiger partial charge is 1.00 e. The quantitative estimate of drug-likeness (QED) is 0.00493. The molecule has 0 aliphatic rings. The van der Waals surface area contributed by atoms with E-state index >= 15 is 0 Å². The van der Waals surface area contributed by atoms with Gasteiger partial charge in [0.05, 0.1) is 97.8 Å². The fourth-order valence-corrected chi connectivity index (χ4v) is 12.3. The molecule has 0 fully saturated rings. The average Bonchev–Trinajstić information content (AvgIpc) is 0.815. The van der Waals surface area contributed by atoms with E-state index in [9.17, 15) is 28.8 Å². The molecule has 3 amide bonds. The Kier molecular flexibility index (Phi) is 81.2. The van der Waals surface area contributed by atoms with Crippen LogP contribution >= 0.6 is 0 Å². The van der Waals surface area contributed by atoms with Gasteiger partial charge in [0.2, 0.25) is 17.4 Å². The standard InChI is InChI=1S/C51H75N5O9.C36H50N2O7.C15H27N3O3.CH2O3.Na/c1-5-8-11-18-29-63-47-35-41(36-48(64-30-19-12-9-6-2)50(47)65-31-20-13-10-7-3)51(59)56-27-17-15-14-16-24-46(57)45(54-4)40-49(58)55-28-23-34-62-44-38-42(60-32-21-25-52)37-43(39-44)61-33-22-26-53;1-5-8-11-18-23-43-32-26-29(27-33(44-24-19-12-9-6-2)35(32)45-25-20-13-10-7-3)36(42)38-22-17-15-14-16-21-31(39)30(37-4)28-34(40)41;16-4-1-7-19-13-10-14(20-8-2-5-17)12-15(11-13)21-9-3-6-18;2-1-4-3;/h1-3,35-39,45,54H,8-34,40,52-53H2,4H3,(H,55,58)(H,56,59);1-3,26-27,30,37H,8-25,28H2,4H3,(H,38,42)(H,40,41);10-12H,1-9,16-18H2;1,3H;/q;;;;+1/p-1/t45-;30-;;;/m00.../s1. The monoisotopic (exact) mass is 1910 g/mol. The summed E-state index contributed by atoms with van der Waals surface area (Å²) in [7, 11) is 3.27. The van der Waals surface area contributed by atoms with Crippen molar-refractivity contribution in [2.45, 2.75) is 243 Å². The van der Waals surface area contributed by atoms with E-state index in [4.69, 9.17) is 139 Å². The van der Waals surface area contributed by atoms with Crippen LogP contribution in [0.4, 0.5) is 0 Å². The Morgan fingerprint density at radius 2 is 0.581 bits per heavy atom. The molecule has 0 saturated carbocycles. The van der Waals surface area contributed by atoms with E-state index in [0.29, 0.717) is 265 Å². The number of ether oxygens (including phenoxy) is 12. The van der Waals surface area contributed by atoms with E-state index in [1.54, 1.807) is 50.5 Å². The first-order valence-corrected chi connectivity index (χ1v) is 47.4. The number of carbonyl (C=O) groups excluding carboxylic acids is 6. The van der Waals surface area contributed by atoms with Gasteiger partial charge in [0.1, 0.15) is 46.1 Å². The molecule has 748 valence electrons. The third-order valence-electron chi connectivity index (χ3n) is 19.6. The van der Waals surface area contributed by atoms with Crippen LogP contribution < -0.4 is 147 Å². The molecule has 4 rings (SSSR count). The predicted molar refractivity (Wildman–Crippen MR) is 524 cm³/mol. The molecule has 4 aromatic rings. The van der Waals surface area contributed by atoms with E-state index < -0.39 is 18.1 Å². The molecule has 0 unspecified atom stereocenters. The molecule has 0 aliphatic carbocycles. The number of terminal acetylenes is 6. The van der Waals surface area contributed by atoms with Crippen LogP contribution in [0.25, 0.3) is 0 Å². The van der Waals surface area contributed by atoms with Crippen molar-refractivity contribution in [1.29, 1.82) is 0 Å². The van der Waals surface area contributed by atoms with Gasteiger partial charge < -0.3 is 127 Å². The number of ketones is 2. The zero-order chi connectivity index (χ0) is 99.0. The first kappa shape index (κ1) is 125. The summed E-state index contributed by atoms with van der Waals surface area (Å²) < 4.78 is 71.3. The number of benzene rings is 4. The number of nitrogens with two attached hydrogens (primary N) is 5. The number of carboxylic acids is 1. The van der Waals surface area contributed by atoms with Gasteiger partial charge in [0, 0.05) is 125 Å². The zero-order valence-electron chi connectivity index (χ0n) is 81.0. The summed E-state index contributed by atoms with van der Waals surface area (Å²) in [6.07, 6.45) is 56.8. The Morgan fingerprint density at radius 1 is 0.338 bits per heavy atom. The number of aliphatic carboxylic acids is 1. The van der Waals surface area contributed by atoms with Crippen molar-refractivity contribution in [2.24, 2.45) is 28.7 Å². The van der Waals surface area contributed by atoms with E-state index in [1.807, 2.05) is 24.3 Å². The number of nitrogens with one attached hydrogen (secondary N) is 5. The summed E-state index contributed by atoms with van der Waals surface area (Å²) in [5.41, 5.74) is 28.4. The molecule has 0 bridgehead atoms. The maximum atomic E-state index is 13.4. The smallest absolute Gasteiger partial charge is 0.662 e. The third-order valence-corrected chi connectivity index (χ3v) is 19.6. The van der Waals surface area contributed by atoms with Crippen molar-refractivity contribution < 1.29 is 135 Å². The number of Topliss-reactive ketones (excluding diaryl/α,β-unsaturated/α-hetero) is 2. The maximum Gasteiger partial charge on any atom is 1.00 e. The molecule has 4 aromatic carbocycles. The normalized spacial score (nSPS) is 10.7. The summed E-state index contributed by atoms with van der Waals surface area (Å²) in [4.78, 5) is 86.7. The Morgan fingerprint density at radius 3 is 0.831 bits per heavy atom. The van der Waals surface area contributed by atoms with Gasteiger partial charge in [0.25, 0.3) is 18.3 Å².